The van der Waals surface area contributed by atoms with Gasteiger partial charge in [0, 0.05) is 6.54 Å². The Morgan fingerprint density at radius 3 is 2.64 bits per heavy atom. The number of aromatic nitrogens is 2. The predicted octanol–water partition coefficient (Wildman–Crippen LogP) is 1.96. The molecule has 61 valence electrons. The van der Waals surface area contributed by atoms with Crippen molar-refractivity contribution in [2.45, 2.75) is 40.2 Å². The Morgan fingerprint density at radius 1 is 1.45 bits per heavy atom. The van der Waals surface area contributed by atoms with E-state index in [1.807, 2.05) is 4.68 Å². The SMILES string of the molecule is CCCn1[c]c(C)c(CC)n1. The Morgan fingerprint density at radius 2 is 2.18 bits per heavy atom. The van der Waals surface area contributed by atoms with Crippen LogP contribution < -0.4 is 0 Å². The summed E-state index contributed by atoms with van der Waals surface area (Å²) in [6, 6.07) is 0. The van der Waals surface area contributed by atoms with Gasteiger partial charge in [0.2, 0.25) is 0 Å². The molecule has 0 spiro atoms. The van der Waals surface area contributed by atoms with Crippen LogP contribution in [0.1, 0.15) is 31.5 Å². The van der Waals surface area contributed by atoms with E-state index in [0.717, 1.165) is 19.4 Å². The van der Waals surface area contributed by atoms with Gasteiger partial charge in [-0.15, -0.1) is 0 Å². The van der Waals surface area contributed by atoms with Crippen LogP contribution in [0.2, 0.25) is 0 Å². The van der Waals surface area contributed by atoms with E-state index in [1.54, 1.807) is 0 Å². The van der Waals surface area contributed by atoms with Gasteiger partial charge in [-0.25, -0.2) is 0 Å². The second-order valence-electron chi connectivity index (χ2n) is 2.76. The number of aryl methyl sites for hydroxylation is 3. The summed E-state index contributed by atoms with van der Waals surface area (Å²) in [5.41, 5.74) is 2.37. The van der Waals surface area contributed by atoms with Crippen molar-refractivity contribution >= 4 is 0 Å². The maximum absolute atomic E-state index is 4.38. The first-order chi connectivity index (χ1) is 5.27. The van der Waals surface area contributed by atoms with Gasteiger partial charge in [0.05, 0.1) is 11.9 Å². The molecule has 11 heavy (non-hydrogen) atoms. The van der Waals surface area contributed by atoms with Gasteiger partial charge in [-0.3, -0.25) is 4.68 Å². The highest BCUT2D eigenvalue weighted by atomic mass is 15.3. The lowest BCUT2D eigenvalue weighted by Crippen LogP contribution is -1.97. The third-order valence-electron chi connectivity index (χ3n) is 1.74. The molecule has 0 N–H and O–H groups in total. The molecule has 0 bridgehead atoms. The normalized spacial score (nSPS) is 10.5. The zero-order valence-electron chi connectivity index (χ0n) is 7.52. The zero-order chi connectivity index (χ0) is 8.27. The summed E-state index contributed by atoms with van der Waals surface area (Å²) in [7, 11) is 0. The van der Waals surface area contributed by atoms with E-state index < -0.39 is 0 Å². The molecule has 0 aliphatic carbocycles. The molecule has 0 saturated carbocycles. The van der Waals surface area contributed by atoms with Crippen molar-refractivity contribution in [2.24, 2.45) is 0 Å². The standard InChI is InChI=1S/C9H15N2/c1-4-6-11-7-8(3)9(5-2)10-11/h4-6H2,1-3H3. The highest BCUT2D eigenvalue weighted by Crippen LogP contribution is 2.04. The van der Waals surface area contributed by atoms with Crippen LogP contribution in [0.5, 0.6) is 0 Å². The minimum Gasteiger partial charge on any atom is -0.263 e. The molecule has 0 aliphatic rings. The van der Waals surface area contributed by atoms with Crippen LogP contribution in [0.15, 0.2) is 0 Å². The Kier molecular flexibility index (Phi) is 2.69. The summed E-state index contributed by atoms with van der Waals surface area (Å²) >= 11 is 0. The first-order valence-corrected chi connectivity index (χ1v) is 4.23. The molecule has 0 aliphatic heterocycles. The third kappa shape index (κ3) is 1.82. The maximum atomic E-state index is 4.38. The van der Waals surface area contributed by atoms with Crippen molar-refractivity contribution in [1.29, 1.82) is 0 Å². The minimum atomic E-state index is 0.987. The van der Waals surface area contributed by atoms with Gasteiger partial charge in [0.25, 0.3) is 0 Å². The molecule has 1 aromatic rings. The Bertz CT molecular complexity index is 225. The summed E-state index contributed by atoms with van der Waals surface area (Å²) in [6.45, 7) is 7.33. The molecule has 1 aromatic heterocycles. The predicted molar refractivity (Wildman–Crippen MR) is 45.5 cm³/mol. The monoisotopic (exact) mass is 151 g/mol. The molecule has 1 radical (unpaired) electrons. The van der Waals surface area contributed by atoms with Crippen LogP contribution in [-0.4, -0.2) is 9.78 Å². The molecule has 2 nitrogen and oxygen atoms in total. The van der Waals surface area contributed by atoms with Crippen molar-refractivity contribution in [3.63, 3.8) is 0 Å². The van der Waals surface area contributed by atoms with Crippen LogP contribution in [0, 0.1) is 13.1 Å². The topological polar surface area (TPSA) is 17.8 Å². The second-order valence-corrected chi connectivity index (χ2v) is 2.76. The number of rotatable bonds is 3. The summed E-state index contributed by atoms with van der Waals surface area (Å²) in [6.07, 6.45) is 5.34. The molecular weight excluding hydrogens is 136 g/mol. The number of hydrogen-bond donors (Lipinski definition) is 0. The summed E-state index contributed by atoms with van der Waals surface area (Å²) in [5.74, 6) is 0. The van der Waals surface area contributed by atoms with E-state index in [0.29, 0.717) is 0 Å². The van der Waals surface area contributed by atoms with E-state index in [2.05, 4.69) is 32.1 Å². The van der Waals surface area contributed by atoms with Crippen molar-refractivity contribution in [2.75, 3.05) is 0 Å². The van der Waals surface area contributed by atoms with Crippen LogP contribution in [0.25, 0.3) is 0 Å². The average molecular weight is 151 g/mol. The molecule has 1 rings (SSSR count). The Labute approximate surface area is 68.2 Å². The molecule has 0 atom stereocenters. The first kappa shape index (κ1) is 8.31. The van der Waals surface area contributed by atoms with Gasteiger partial charge < -0.3 is 0 Å². The van der Waals surface area contributed by atoms with Crippen molar-refractivity contribution in [3.8, 4) is 0 Å². The van der Waals surface area contributed by atoms with Gasteiger partial charge in [-0.1, -0.05) is 13.8 Å². The average Bonchev–Trinajstić information content (AvgIpc) is 2.32. The molecule has 0 fully saturated rings. The van der Waals surface area contributed by atoms with Crippen LogP contribution >= 0.6 is 0 Å². The molecule has 2 heteroatoms. The zero-order valence-corrected chi connectivity index (χ0v) is 7.52. The maximum Gasteiger partial charge on any atom is 0.0898 e. The summed E-state index contributed by atoms with van der Waals surface area (Å²) in [4.78, 5) is 0. The van der Waals surface area contributed by atoms with E-state index >= 15 is 0 Å². The first-order valence-electron chi connectivity index (χ1n) is 4.23. The lowest BCUT2D eigenvalue weighted by molar-refractivity contribution is 0.591. The number of nitrogens with zero attached hydrogens (tertiary/aromatic N) is 2. The lowest BCUT2D eigenvalue weighted by Gasteiger charge is -1.93. The molecule has 0 amide bonds. The molecule has 0 saturated heterocycles. The fraction of sp³-hybridized carbons (Fsp3) is 0.667. The Balaban J connectivity index is 2.77. The fourth-order valence-corrected chi connectivity index (χ4v) is 1.16. The summed E-state index contributed by atoms with van der Waals surface area (Å²) < 4.78 is 1.91. The lowest BCUT2D eigenvalue weighted by atomic mass is 10.2. The largest absolute Gasteiger partial charge is 0.263 e. The van der Waals surface area contributed by atoms with Gasteiger partial charge in [0.1, 0.15) is 0 Å². The van der Waals surface area contributed by atoms with Gasteiger partial charge >= 0.3 is 0 Å². The van der Waals surface area contributed by atoms with Crippen LogP contribution in [0.4, 0.5) is 0 Å². The highest BCUT2D eigenvalue weighted by Gasteiger charge is 2.01. The van der Waals surface area contributed by atoms with Gasteiger partial charge in [-0.2, -0.15) is 5.10 Å². The van der Waals surface area contributed by atoms with Crippen LogP contribution in [-0.2, 0) is 13.0 Å². The third-order valence-corrected chi connectivity index (χ3v) is 1.74. The highest BCUT2D eigenvalue weighted by molar-refractivity contribution is 5.12. The van der Waals surface area contributed by atoms with Crippen LogP contribution in [0.3, 0.4) is 0 Å². The van der Waals surface area contributed by atoms with Gasteiger partial charge in [-0.05, 0) is 25.3 Å². The van der Waals surface area contributed by atoms with E-state index in [9.17, 15) is 0 Å². The van der Waals surface area contributed by atoms with Crippen molar-refractivity contribution < 1.29 is 0 Å². The Hall–Kier alpha value is -0.790. The van der Waals surface area contributed by atoms with E-state index in [-0.39, 0.29) is 0 Å². The molecule has 0 aromatic carbocycles. The van der Waals surface area contributed by atoms with Gasteiger partial charge in [0.15, 0.2) is 0 Å². The fourth-order valence-electron chi connectivity index (χ4n) is 1.16. The van der Waals surface area contributed by atoms with Crippen molar-refractivity contribution in [1.82, 2.24) is 9.78 Å². The van der Waals surface area contributed by atoms with E-state index in [1.165, 1.54) is 11.3 Å². The number of hydrogen-bond acceptors (Lipinski definition) is 1. The quantitative estimate of drug-likeness (QED) is 0.645. The molecular formula is C9H15N2. The second kappa shape index (κ2) is 3.56. The molecule has 0 unspecified atom stereocenters. The minimum absolute atomic E-state index is 0.987. The van der Waals surface area contributed by atoms with E-state index in [4.69, 9.17) is 0 Å². The summed E-state index contributed by atoms with van der Waals surface area (Å²) in [5, 5.41) is 4.38. The van der Waals surface area contributed by atoms with Crippen molar-refractivity contribution in [3.05, 3.63) is 17.5 Å². The smallest absolute Gasteiger partial charge is 0.0898 e. The molecule has 1 heterocycles.